The fourth-order valence-corrected chi connectivity index (χ4v) is 1.97. The minimum atomic E-state index is -1.29. The quantitative estimate of drug-likeness (QED) is 0.348. The van der Waals surface area contributed by atoms with Gasteiger partial charge in [-0.25, -0.2) is 0 Å². The molecule has 0 bridgehead atoms. The second-order valence-corrected chi connectivity index (χ2v) is 10.2. The summed E-state index contributed by atoms with van der Waals surface area (Å²) in [7, 11) is -1.29. The normalized spacial score (nSPS) is 10.5. The molecule has 0 spiro atoms. The van der Waals surface area contributed by atoms with E-state index in [4.69, 9.17) is 5.41 Å². The number of benzene rings is 1. The molecule has 84 valence electrons. The van der Waals surface area contributed by atoms with E-state index >= 15 is 0 Å². The molecule has 0 atom stereocenters. The molecule has 0 saturated carbocycles. The van der Waals surface area contributed by atoms with Gasteiger partial charge in [0.15, 0.2) is 0 Å². The lowest BCUT2D eigenvalue weighted by molar-refractivity contribution is 1.52. The van der Waals surface area contributed by atoms with Crippen molar-refractivity contribution < 1.29 is 0 Å². The topological polar surface area (TPSA) is 23.9 Å². The van der Waals surface area contributed by atoms with Gasteiger partial charge in [-0.15, -0.1) is 17.3 Å². The molecule has 0 saturated heterocycles. The second kappa shape index (κ2) is 5.38. The summed E-state index contributed by atoms with van der Waals surface area (Å²) in [6, 6.07) is 7.92. The highest BCUT2D eigenvalue weighted by molar-refractivity contribution is 8.13. The van der Waals surface area contributed by atoms with Crippen LogP contribution in [0.5, 0.6) is 0 Å². The van der Waals surface area contributed by atoms with Crippen LogP contribution in [0.1, 0.15) is 11.1 Å². The van der Waals surface area contributed by atoms with E-state index in [0.29, 0.717) is 5.04 Å². The van der Waals surface area contributed by atoms with Crippen LogP contribution in [-0.4, -0.2) is 19.4 Å². The van der Waals surface area contributed by atoms with Crippen LogP contribution in [0.15, 0.2) is 24.3 Å². The molecule has 0 fully saturated rings. The zero-order valence-corrected chi connectivity index (χ0v) is 12.0. The molecule has 1 aromatic rings. The summed E-state index contributed by atoms with van der Waals surface area (Å²) in [6.07, 6.45) is 1.92. The Morgan fingerprint density at radius 3 is 2.19 bits per heavy atom. The van der Waals surface area contributed by atoms with Crippen molar-refractivity contribution in [3.05, 3.63) is 35.4 Å². The van der Waals surface area contributed by atoms with Crippen molar-refractivity contribution in [3.63, 3.8) is 0 Å². The molecule has 0 amide bonds. The molecule has 1 aromatic carbocycles. The van der Waals surface area contributed by atoms with Gasteiger partial charge in [-0.05, 0) is 18.4 Å². The van der Waals surface area contributed by atoms with Gasteiger partial charge in [0.1, 0.15) is 8.07 Å². The Bertz CT molecular complexity index is 432. The van der Waals surface area contributed by atoms with Crippen LogP contribution in [0.3, 0.4) is 0 Å². The zero-order valence-electron chi connectivity index (χ0n) is 10.2. The Labute approximate surface area is 103 Å². The Morgan fingerprint density at radius 2 is 1.75 bits per heavy atom. The maximum Gasteiger partial charge on any atom is 0.129 e. The lowest BCUT2D eigenvalue weighted by Crippen LogP contribution is -2.16. The summed E-state index contributed by atoms with van der Waals surface area (Å²) < 4.78 is 0. The first-order valence-corrected chi connectivity index (χ1v) is 9.91. The van der Waals surface area contributed by atoms with Crippen molar-refractivity contribution in [3.8, 4) is 11.5 Å². The third-order valence-electron chi connectivity index (χ3n) is 1.93. The largest absolute Gasteiger partial charge is 0.293 e. The average Bonchev–Trinajstić information content (AvgIpc) is 2.25. The average molecular weight is 247 g/mol. The standard InChI is InChI=1S/C13H17NSSi/c1-15-13(14)12-7-5-11(6-8-12)9-10-16(2,3)4/h5-8,14H,1-4H3. The predicted molar refractivity (Wildman–Crippen MR) is 77.0 cm³/mol. The second-order valence-electron chi connectivity index (χ2n) is 4.61. The third-order valence-corrected chi connectivity index (χ3v) is 3.45. The molecule has 0 heterocycles. The van der Waals surface area contributed by atoms with Crippen LogP contribution in [0.25, 0.3) is 0 Å². The molecule has 0 aliphatic carbocycles. The summed E-state index contributed by atoms with van der Waals surface area (Å²) in [5.74, 6) is 3.20. The van der Waals surface area contributed by atoms with E-state index in [1.807, 2.05) is 30.5 Å². The fourth-order valence-electron chi connectivity index (χ4n) is 1.08. The number of hydrogen-bond acceptors (Lipinski definition) is 2. The molecule has 16 heavy (non-hydrogen) atoms. The predicted octanol–water partition coefficient (Wildman–Crippen LogP) is 3.60. The third kappa shape index (κ3) is 4.26. The highest BCUT2D eigenvalue weighted by atomic mass is 32.2. The number of rotatable bonds is 1. The zero-order chi connectivity index (χ0) is 12.2. The van der Waals surface area contributed by atoms with Crippen LogP contribution in [0.4, 0.5) is 0 Å². The van der Waals surface area contributed by atoms with E-state index in [2.05, 4.69) is 31.1 Å². The van der Waals surface area contributed by atoms with Crippen molar-refractivity contribution in [2.45, 2.75) is 19.6 Å². The Morgan fingerprint density at radius 1 is 1.19 bits per heavy atom. The van der Waals surface area contributed by atoms with Gasteiger partial charge in [0.05, 0.1) is 5.04 Å². The molecule has 3 heteroatoms. The van der Waals surface area contributed by atoms with Crippen molar-refractivity contribution in [1.29, 1.82) is 5.41 Å². The summed E-state index contributed by atoms with van der Waals surface area (Å²) in [4.78, 5) is 0. The summed E-state index contributed by atoms with van der Waals surface area (Å²) >= 11 is 1.46. The van der Waals surface area contributed by atoms with E-state index < -0.39 is 8.07 Å². The SMILES string of the molecule is CSC(=N)c1ccc(C#C[Si](C)(C)C)cc1. The van der Waals surface area contributed by atoms with E-state index in [-0.39, 0.29) is 0 Å². The van der Waals surface area contributed by atoms with E-state index in [1.54, 1.807) is 0 Å². The van der Waals surface area contributed by atoms with Gasteiger partial charge in [-0.2, -0.15) is 0 Å². The summed E-state index contributed by atoms with van der Waals surface area (Å²) in [6.45, 7) is 6.70. The van der Waals surface area contributed by atoms with E-state index in [9.17, 15) is 0 Å². The van der Waals surface area contributed by atoms with Gasteiger partial charge in [-0.1, -0.05) is 37.7 Å². The van der Waals surface area contributed by atoms with Crippen molar-refractivity contribution in [2.24, 2.45) is 0 Å². The van der Waals surface area contributed by atoms with Crippen LogP contribution in [0, 0.1) is 16.9 Å². The van der Waals surface area contributed by atoms with Crippen LogP contribution in [0.2, 0.25) is 19.6 Å². The van der Waals surface area contributed by atoms with Gasteiger partial charge in [0, 0.05) is 11.1 Å². The number of hydrogen-bond donors (Lipinski definition) is 1. The summed E-state index contributed by atoms with van der Waals surface area (Å²) in [5.41, 5.74) is 5.34. The maximum absolute atomic E-state index is 7.68. The van der Waals surface area contributed by atoms with Crippen molar-refractivity contribution >= 4 is 24.9 Å². The van der Waals surface area contributed by atoms with Crippen LogP contribution in [-0.2, 0) is 0 Å². The Balaban J connectivity index is 2.87. The van der Waals surface area contributed by atoms with E-state index in [0.717, 1.165) is 11.1 Å². The monoisotopic (exact) mass is 247 g/mol. The van der Waals surface area contributed by atoms with Crippen molar-refractivity contribution in [1.82, 2.24) is 0 Å². The summed E-state index contributed by atoms with van der Waals surface area (Å²) in [5, 5.41) is 8.29. The first kappa shape index (κ1) is 13.1. The number of nitrogens with one attached hydrogen (secondary N) is 1. The smallest absolute Gasteiger partial charge is 0.129 e. The van der Waals surface area contributed by atoms with E-state index in [1.165, 1.54) is 11.8 Å². The fraction of sp³-hybridized carbons (Fsp3) is 0.308. The Kier molecular flexibility index (Phi) is 4.40. The van der Waals surface area contributed by atoms with Crippen LogP contribution < -0.4 is 0 Å². The highest BCUT2D eigenvalue weighted by Crippen LogP contribution is 2.10. The van der Waals surface area contributed by atoms with Gasteiger partial charge in [0.2, 0.25) is 0 Å². The van der Waals surface area contributed by atoms with Gasteiger partial charge >= 0.3 is 0 Å². The molecular formula is C13H17NSSi. The molecule has 0 unspecified atom stereocenters. The van der Waals surface area contributed by atoms with Gasteiger partial charge in [-0.3, -0.25) is 5.41 Å². The highest BCUT2D eigenvalue weighted by Gasteiger charge is 2.07. The van der Waals surface area contributed by atoms with Gasteiger partial charge in [0.25, 0.3) is 0 Å². The van der Waals surface area contributed by atoms with Crippen LogP contribution >= 0.6 is 11.8 Å². The lowest BCUT2D eigenvalue weighted by atomic mass is 10.1. The lowest BCUT2D eigenvalue weighted by Gasteiger charge is -2.03. The first-order chi connectivity index (χ1) is 7.42. The molecule has 1 rings (SSSR count). The molecule has 0 aromatic heterocycles. The molecule has 0 aliphatic rings. The van der Waals surface area contributed by atoms with Crippen molar-refractivity contribution in [2.75, 3.05) is 6.26 Å². The minimum Gasteiger partial charge on any atom is -0.293 e. The molecule has 1 N–H and O–H groups in total. The Hall–Kier alpha value is -0.983. The minimum absolute atomic E-state index is 0.602. The molecule has 1 nitrogen and oxygen atoms in total. The first-order valence-electron chi connectivity index (χ1n) is 5.18. The molecular weight excluding hydrogens is 230 g/mol. The maximum atomic E-state index is 7.68. The van der Waals surface area contributed by atoms with Gasteiger partial charge < -0.3 is 0 Å². The number of thioether (sulfide) groups is 1. The molecule has 0 aliphatic heterocycles. The molecule has 0 radical (unpaired) electrons.